The highest BCUT2D eigenvalue weighted by Gasteiger charge is 2.01. The van der Waals surface area contributed by atoms with Crippen LogP contribution >= 0.6 is 31.9 Å². The number of hydrogen-bond acceptors (Lipinski definition) is 3. The maximum atomic E-state index is 7.63. The van der Waals surface area contributed by atoms with E-state index in [1.54, 1.807) is 0 Å². The normalized spacial score (nSPS) is 14.6. The van der Waals surface area contributed by atoms with Gasteiger partial charge in [0.25, 0.3) is 5.95 Å². The lowest BCUT2D eigenvalue weighted by Gasteiger charge is -1.97. The maximum Gasteiger partial charge on any atom is 0.251 e. The van der Waals surface area contributed by atoms with E-state index in [1.807, 2.05) is 0 Å². The van der Waals surface area contributed by atoms with Crippen molar-refractivity contribution in [3.8, 4) is 5.95 Å². The predicted octanol–water partition coefficient (Wildman–Crippen LogP) is 2.19. The highest BCUT2D eigenvalue weighted by atomic mass is 79.9. The van der Waals surface area contributed by atoms with E-state index in [9.17, 15) is 0 Å². The molecule has 0 spiro atoms. The molecule has 0 bridgehead atoms. The van der Waals surface area contributed by atoms with Crippen LogP contribution in [-0.2, 0) is 0 Å². The summed E-state index contributed by atoms with van der Waals surface area (Å²) in [5.41, 5.74) is 0. The van der Waals surface area contributed by atoms with E-state index in [0.717, 1.165) is 4.68 Å². The Morgan fingerprint density at radius 1 is 1.31 bits per heavy atom. The molecule has 13 heavy (non-hydrogen) atoms. The molecule has 0 aliphatic carbocycles. The first-order chi connectivity index (χ1) is 7.91. The summed E-state index contributed by atoms with van der Waals surface area (Å²) in [6.45, 7) is 0. The van der Waals surface area contributed by atoms with E-state index in [1.165, 1.54) is 0 Å². The van der Waals surface area contributed by atoms with Gasteiger partial charge >= 0.3 is 0 Å². The van der Waals surface area contributed by atoms with Crippen LogP contribution in [0.15, 0.2) is 33.6 Å². The minimum atomic E-state index is -0.278. The molecular weight excluding hydrogens is 300 g/mol. The highest BCUT2D eigenvalue weighted by molar-refractivity contribution is 9.10. The van der Waals surface area contributed by atoms with Gasteiger partial charge in [-0.15, -0.1) is 0 Å². The molecule has 2 aromatic rings. The third-order valence-corrected chi connectivity index (χ3v) is 1.89. The summed E-state index contributed by atoms with van der Waals surface area (Å²) < 4.78 is 31.4. The molecule has 0 aliphatic rings. The van der Waals surface area contributed by atoms with Crippen LogP contribution < -0.4 is 0 Å². The monoisotopic (exact) mass is 306 g/mol. The molecule has 66 valence electrons. The summed E-state index contributed by atoms with van der Waals surface area (Å²) in [7, 11) is 0. The second-order valence-electron chi connectivity index (χ2n) is 1.99. The average Bonchev–Trinajstić information content (AvgIpc) is 2.53. The summed E-state index contributed by atoms with van der Waals surface area (Å²) in [6.07, 6.45) is -0.472. The Labute approximate surface area is 96.9 Å². The van der Waals surface area contributed by atoms with Gasteiger partial charge in [-0.1, -0.05) is 0 Å². The van der Waals surface area contributed by atoms with Gasteiger partial charge in [0, 0.05) is 12.3 Å². The summed E-state index contributed by atoms with van der Waals surface area (Å²) in [6, 6.07) is -0.233. The largest absolute Gasteiger partial charge is 0.251 e. The number of aromatic nitrogens is 4. The van der Waals surface area contributed by atoms with Crippen LogP contribution in [0, 0.1) is 0 Å². The SMILES string of the molecule is [2H]c1nc(-n2nc(Br)c([2H])c2[2H])nc(Br)c1[2H]. The molecule has 2 rings (SSSR count). The Balaban J connectivity index is 2.65. The quantitative estimate of drug-likeness (QED) is 0.759. The van der Waals surface area contributed by atoms with Crippen LogP contribution in [0.4, 0.5) is 0 Å². The Morgan fingerprint density at radius 2 is 2.15 bits per heavy atom. The molecule has 6 heteroatoms. The van der Waals surface area contributed by atoms with Crippen molar-refractivity contribution in [3.05, 3.63) is 33.6 Å². The van der Waals surface area contributed by atoms with Crippen LogP contribution in [0.25, 0.3) is 5.95 Å². The zero-order valence-electron chi connectivity index (χ0n) is 10.0. The lowest BCUT2D eigenvalue weighted by atomic mass is 10.7. The molecule has 0 saturated heterocycles. The number of nitrogens with zero attached hydrogens (tertiary/aromatic N) is 4. The Kier molecular flexibility index (Phi) is 1.42. The lowest BCUT2D eigenvalue weighted by molar-refractivity contribution is 0.797. The molecule has 0 N–H and O–H groups in total. The summed E-state index contributed by atoms with van der Waals surface area (Å²) in [5.74, 6) is -0.0259. The van der Waals surface area contributed by atoms with Crippen molar-refractivity contribution in [1.29, 1.82) is 0 Å². The Hall–Kier alpha value is -0.750. The van der Waals surface area contributed by atoms with Gasteiger partial charge in [-0.05, 0) is 43.9 Å². The molecule has 0 saturated carbocycles. The van der Waals surface area contributed by atoms with Crippen molar-refractivity contribution in [3.63, 3.8) is 0 Å². The first kappa shape index (κ1) is 5.21. The Morgan fingerprint density at radius 3 is 2.77 bits per heavy atom. The van der Waals surface area contributed by atoms with Crippen molar-refractivity contribution < 1.29 is 5.48 Å². The third-order valence-electron chi connectivity index (χ3n) is 1.16. The highest BCUT2D eigenvalue weighted by Crippen LogP contribution is 2.09. The van der Waals surface area contributed by atoms with Gasteiger partial charge < -0.3 is 0 Å². The maximum absolute atomic E-state index is 7.63. The number of halogens is 2. The first-order valence-electron chi connectivity index (χ1n) is 5.14. The van der Waals surface area contributed by atoms with Crippen molar-refractivity contribution >= 4 is 31.9 Å². The smallest absolute Gasteiger partial charge is 0.220 e. The fourth-order valence-corrected chi connectivity index (χ4v) is 1.19. The van der Waals surface area contributed by atoms with E-state index in [2.05, 4.69) is 46.9 Å². The second kappa shape index (κ2) is 3.55. The van der Waals surface area contributed by atoms with E-state index >= 15 is 0 Å². The predicted molar refractivity (Wildman–Crippen MR) is 54.6 cm³/mol. The molecular formula is C7H4Br2N4. The summed E-state index contributed by atoms with van der Waals surface area (Å²) >= 11 is 6.05. The van der Waals surface area contributed by atoms with Crippen molar-refractivity contribution in [1.82, 2.24) is 19.7 Å². The van der Waals surface area contributed by atoms with Gasteiger partial charge in [0.05, 0.1) is 5.48 Å². The molecule has 2 heterocycles. The summed E-state index contributed by atoms with van der Waals surface area (Å²) in [5, 5.41) is 3.86. The minimum Gasteiger partial charge on any atom is -0.220 e. The molecule has 0 fully saturated rings. The topological polar surface area (TPSA) is 43.6 Å². The van der Waals surface area contributed by atoms with Crippen molar-refractivity contribution in [2.45, 2.75) is 0 Å². The number of hydrogen-bond donors (Lipinski definition) is 0. The van der Waals surface area contributed by atoms with Crippen LogP contribution in [0.3, 0.4) is 0 Å². The van der Waals surface area contributed by atoms with Crippen molar-refractivity contribution in [2.75, 3.05) is 0 Å². The van der Waals surface area contributed by atoms with Crippen LogP contribution in [0.1, 0.15) is 5.48 Å². The molecule has 4 nitrogen and oxygen atoms in total. The second-order valence-corrected chi connectivity index (χ2v) is 3.49. The molecule has 0 radical (unpaired) electrons. The van der Waals surface area contributed by atoms with Gasteiger partial charge in [-0.3, -0.25) is 0 Å². The zero-order valence-corrected chi connectivity index (χ0v) is 9.22. The molecule has 0 aliphatic heterocycles. The van der Waals surface area contributed by atoms with Crippen LogP contribution in [0.5, 0.6) is 0 Å². The number of rotatable bonds is 1. The molecule has 0 atom stereocenters. The van der Waals surface area contributed by atoms with Gasteiger partial charge in [-0.2, -0.15) is 5.10 Å². The minimum absolute atomic E-state index is 0.0259. The fourth-order valence-electron chi connectivity index (χ4n) is 0.691. The molecule has 0 amide bonds. The Bertz CT molecular complexity index is 577. The zero-order chi connectivity index (χ0) is 12.7. The van der Waals surface area contributed by atoms with Gasteiger partial charge in [0.1, 0.15) is 9.21 Å². The standard InChI is InChI=1S/C7H4Br2N4/c8-5-1-3-10-7(11-5)13-4-2-6(9)12-13/h1-4H/i1D,2D,3D,4D. The van der Waals surface area contributed by atoms with E-state index in [-0.39, 0.29) is 39.6 Å². The van der Waals surface area contributed by atoms with E-state index in [0.29, 0.717) is 0 Å². The van der Waals surface area contributed by atoms with Gasteiger partial charge in [0.15, 0.2) is 0 Å². The first-order valence-corrected chi connectivity index (χ1v) is 4.73. The van der Waals surface area contributed by atoms with E-state index in [4.69, 9.17) is 5.48 Å². The van der Waals surface area contributed by atoms with Gasteiger partial charge in [0.2, 0.25) is 0 Å². The summed E-state index contributed by atoms with van der Waals surface area (Å²) in [4.78, 5) is 7.63. The van der Waals surface area contributed by atoms with Crippen molar-refractivity contribution in [2.24, 2.45) is 0 Å². The van der Waals surface area contributed by atoms with Crippen LogP contribution in [0.2, 0.25) is 0 Å². The third kappa shape index (κ3) is 1.94. The molecule has 2 aromatic heterocycles. The lowest BCUT2D eigenvalue weighted by Crippen LogP contribution is -2.00. The van der Waals surface area contributed by atoms with E-state index < -0.39 is 0 Å². The van der Waals surface area contributed by atoms with Crippen LogP contribution in [-0.4, -0.2) is 19.7 Å². The average molecular weight is 308 g/mol. The fraction of sp³-hybridized carbons (Fsp3) is 0. The van der Waals surface area contributed by atoms with Gasteiger partial charge in [-0.25, -0.2) is 14.6 Å². The molecule has 0 aromatic carbocycles. The molecule has 0 unspecified atom stereocenters.